The highest BCUT2D eigenvalue weighted by Crippen LogP contribution is 2.53. The van der Waals surface area contributed by atoms with E-state index in [-0.39, 0.29) is 5.41 Å². The van der Waals surface area contributed by atoms with Gasteiger partial charge in [0.25, 0.3) is 6.71 Å². The number of rotatable bonds is 7. The monoisotopic (exact) mass is 1080 g/mol. The standard InChI is InChI=1S/C79H66BN3O/c1-49-38-51(3)74-72(40-49)84-73-41-50(2)39-52(4)75(73)80(74)76-53(5)79(8,9)48-78(6,7)46-71(82-67-34-30-58(54-22-14-10-15-23-54)42-62(67)63-43-59(31-35-68(63)82)55-24-16-11-17-25-55)66(47-81)77(76)83-69-36-32-60(56-26-18-12-19-27-56)44-64(69)65-45-61(33-37-70(65)83)57-28-20-13-21-29-57/h10-45H,5,46,48H2,1-4,6-9H3/b71-66+,77-76-. The number of aryl methyl sites for hydroxylation is 4. The third kappa shape index (κ3) is 8.74. The first-order valence-electron chi connectivity index (χ1n) is 29.5. The summed E-state index contributed by atoms with van der Waals surface area (Å²) in [6.45, 7) is 23.3. The lowest BCUT2D eigenvalue weighted by atomic mass is 9.31. The third-order valence-electron chi connectivity index (χ3n) is 18.1. The average molecular weight is 1080 g/mol. The normalized spacial score (nSPS) is 16.7. The van der Waals surface area contributed by atoms with Crippen molar-refractivity contribution in [3.8, 4) is 62.1 Å². The van der Waals surface area contributed by atoms with Gasteiger partial charge in [0.15, 0.2) is 0 Å². The topological polar surface area (TPSA) is 42.9 Å². The number of allylic oxidation sites excluding steroid dienone is 5. The Hall–Kier alpha value is -9.63. The smallest absolute Gasteiger partial charge is 0.254 e. The molecule has 1 aliphatic carbocycles. The zero-order valence-corrected chi connectivity index (χ0v) is 49.2. The van der Waals surface area contributed by atoms with Gasteiger partial charge in [-0.15, -0.1) is 0 Å². The van der Waals surface area contributed by atoms with Crippen molar-refractivity contribution in [1.82, 2.24) is 9.13 Å². The average Bonchev–Trinajstić information content (AvgIpc) is 1.67. The maximum absolute atomic E-state index is 13.0. The number of fused-ring (bicyclic) bond motifs is 8. The molecule has 0 radical (unpaired) electrons. The first-order valence-corrected chi connectivity index (χ1v) is 29.5. The van der Waals surface area contributed by atoms with Crippen LogP contribution in [0.5, 0.6) is 11.5 Å². The molecule has 4 nitrogen and oxygen atoms in total. The van der Waals surface area contributed by atoms with Gasteiger partial charge in [-0.25, -0.2) is 0 Å². The summed E-state index contributed by atoms with van der Waals surface area (Å²) >= 11 is 0. The predicted octanol–water partition coefficient (Wildman–Crippen LogP) is 19.8. The number of nitrogens with zero attached hydrogens (tertiary/aromatic N) is 3. The molecule has 12 aromatic rings. The molecule has 84 heavy (non-hydrogen) atoms. The van der Waals surface area contributed by atoms with Gasteiger partial charge in [-0.3, -0.25) is 0 Å². The van der Waals surface area contributed by atoms with Gasteiger partial charge in [0.05, 0.1) is 33.3 Å². The van der Waals surface area contributed by atoms with Crippen molar-refractivity contribution in [3.63, 3.8) is 0 Å². The number of benzene rings is 10. The fourth-order valence-electron chi connectivity index (χ4n) is 14.7. The van der Waals surface area contributed by atoms with E-state index >= 15 is 0 Å². The molecule has 1 aliphatic heterocycles. The van der Waals surface area contributed by atoms with Crippen LogP contribution in [-0.4, -0.2) is 15.8 Å². The van der Waals surface area contributed by atoms with Gasteiger partial charge in [0, 0.05) is 27.2 Å². The Kier molecular flexibility index (Phi) is 12.5. The van der Waals surface area contributed by atoms with E-state index in [1.165, 1.54) is 0 Å². The number of ether oxygens (including phenoxy) is 1. The van der Waals surface area contributed by atoms with E-state index in [2.05, 4.69) is 289 Å². The van der Waals surface area contributed by atoms with Crippen molar-refractivity contribution in [2.24, 2.45) is 10.8 Å². The Morgan fingerprint density at radius 1 is 0.452 bits per heavy atom. The molecule has 0 spiro atoms. The number of nitriles is 1. The quantitative estimate of drug-likeness (QED) is 0.149. The molecule has 406 valence electrons. The lowest BCUT2D eigenvalue weighted by Crippen LogP contribution is -2.52. The van der Waals surface area contributed by atoms with Crippen LogP contribution in [0, 0.1) is 49.9 Å². The summed E-state index contributed by atoms with van der Waals surface area (Å²) in [4.78, 5) is 0. The molecule has 2 aliphatic rings. The van der Waals surface area contributed by atoms with Gasteiger partial charge >= 0.3 is 0 Å². The van der Waals surface area contributed by atoms with E-state index in [1.807, 2.05) is 0 Å². The van der Waals surface area contributed by atoms with Crippen molar-refractivity contribution in [2.75, 3.05) is 0 Å². The number of hydrogen-bond acceptors (Lipinski definition) is 2. The molecule has 5 heteroatoms. The highest BCUT2D eigenvalue weighted by Gasteiger charge is 2.46. The first kappa shape index (κ1) is 52.5. The molecule has 3 heterocycles. The minimum atomic E-state index is -0.481. The van der Waals surface area contributed by atoms with Crippen LogP contribution in [0.1, 0.15) is 62.8 Å². The maximum Gasteiger partial charge on any atom is 0.254 e. The van der Waals surface area contributed by atoms with Crippen LogP contribution < -0.4 is 15.7 Å². The van der Waals surface area contributed by atoms with Crippen molar-refractivity contribution >= 4 is 72.6 Å². The second-order valence-electron chi connectivity index (χ2n) is 25.2. The number of aromatic nitrogens is 2. The third-order valence-corrected chi connectivity index (χ3v) is 18.1. The molecular weight excluding hydrogens is 1020 g/mol. The van der Waals surface area contributed by atoms with Crippen LogP contribution in [-0.2, 0) is 0 Å². The molecule has 0 amide bonds. The second-order valence-corrected chi connectivity index (χ2v) is 25.2. The van der Waals surface area contributed by atoms with E-state index in [4.69, 9.17) is 11.3 Å². The lowest BCUT2D eigenvalue weighted by Gasteiger charge is -2.40. The van der Waals surface area contributed by atoms with Crippen LogP contribution >= 0.6 is 0 Å². The summed E-state index contributed by atoms with van der Waals surface area (Å²) in [5, 5.41) is 17.5. The maximum atomic E-state index is 13.0. The summed E-state index contributed by atoms with van der Waals surface area (Å²) in [6.07, 6.45) is 1.38. The molecule has 2 aromatic heterocycles. The van der Waals surface area contributed by atoms with Crippen molar-refractivity contribution in [1.29, 1.82) is 5.26 Å². The van der Waals surface area contributed by atoms with Crippen molar-refractivity contribution < 1.29 is 4.74 Å². The summed E-state index contributed by atoms with van der Waals surface area (Å²) in [7, 11) is 0. The van der Waals surface area contributed by atoms with E-state index < -0.39 is 12.1 Å². The largest absolute Gasteiger partial charge is 0.458 e. The Labute approximate surface area is 494 Å². The Bertz CT molecular complexity index is 4550. The molecule has 0 saturated heterocycles. The van der Waals surface area contributed by atoms with Crippen LogP contribution in [0.3, 0.4) is 0 Å². The lowest BCUT2D eigenvalue weighted by molar-refractivity contribution is 0.234. The number of hydrogen-bond donors (Lipinski definition) is 0. The van der Waals surface area contributed by atoms with E-state index in [0.29, 0.717) is 12.0 Å². The Morgan fingerprint density at radius 2 is 0.810 bits per heavy atom. The molecule has 0 N–H and O–H groups in total. The van der Waals surface area contributed by atoms with Crippen LogP contribution in [0.2, 0.25) is 0 Å². The van der Waals surface area contributed by atoms with Crippen LogP contribution in [0.25, 0.3) is 99.5 Å². The van der Waals surface area contributed by atoms with Gasteiger partial charge in [0.1, 0.15) is 17.6 Å². The first-order chi connectivity index (χ1) is 40.6. The highest BCUT2D eigenvalue weighted by molar-refractivity contribution is 6.94. The Balaban J connectivity index is 1.20. The van der Waals surface area contributed by atoms with Gasteiger partial charge in [-0.1, -0.05) is 209 Å². The molecule has 0 unspecified atom stereocenters. The predicted molar refractivity (Wildman–Crippen MR) is 356 cm³/mol. The molecule has 14 rings (SSSR count). The SMILES string of the molecule is C=C1/C(B2c3c(C)cc(C)cc3Oc3cc(C)cc(C)c32)=C(n2c3ccc(-c4ccccc4)cc3c3cc(-c4ccccc4)ccc32)\C(C#N)=C(\n2c3ccc(-c4ccccc4)cc3c3cc(-c4ccccc4)ccc32)CC(C)(C)CC1(C)C. The van der Waals surface area contributed by atoms with Gasteiger partial charge < -0.3 is 13.9 Å². The van der Waals surface area contributed by atoms with Crippen molar-refractivity contribution in [3.05, 3.63) is 264 Å². The molecule has 0 bridgehead atoms. The highest BCUT2D eigenvalue weighted by atomic mass is 16.5. The van der Waals surface area contributed by atoms with Crippen molar-refractivity contribution in [2.45, 2.75) is 68.2 Å². The van der Waals surface area contributed by atoms with Gasteiger partial charge in [0.2, 0.25) is 0 Å². The molecule has 0 saturated carbocycles. The van der Waals surface area contributed by atoms with E-state index in [9.17, 15) is 5.26 Å². The van der Waals surface area contributed by atoms with Crippen LogP contribution in [0.15, 0.2) is 242 Å². The zero-order valence-electron chi connectivity index (χ0n) is 49.2. The second kappa shape index (κ2) is 20.1. The fourth-order valence-corrected chi connectivity index (χ4v) is 14.7. The van der Waals surface area contributed by atoms with Crippen LogP contribution in [0.4, 0.5) is 0 Å². The summed E-state index contributed by atoms with van der Waals surface area (Å²) in [5.74, 6) is 1.67. The van der Waals surface area contributed by atoms with E-state index in [0.717, 1.165) is 162 Å². The van der Waals surface area contributed by atoms with E-state index in [1.54, 1.807) is 0 Å². The van der Waals surface area contributed by atoms with Gasteiger partial charge in [-0.2, -0.15) is 5.26 Å². The molecule has 0 fully saturated rings. The van der Waals surface area contributed by atoms with Gasteiger partial charge in [-0.05, 0) is 184 Å². The summed E-state index contributed by atoms with van der Waals surface area (Å²) < 4.78 is 12.1. The molecule has 10 aromatic carbocycles. The summed E-state index contributed by atoms with van der Waals surface area (Å²) in [6, 6.07) is 82.6. The summed E-state index contributed by atoms with van der Waals surface area (Å²) in [5.41, 5.74) is 23.5. The Morgan fingerprint density at radius 3 is 1.17 bits per heavy atom. The molecular formula is C79H66BN3O. The minimum Gasteiger partial charge on any atom is -0.458 e. The zero-order chi connectivity index (χ0) is 57.8. The fraction of sp³-hybridized carbons (Fsp3) is 0.152. The molecule has 0 atom stereocenters. The minimum absolute atomic E-state index is 0.344.